The normalized spacial score (nSPS) is 17.3. The van der Waals surface area contributed by atoms with E-state index < -0.39 is 60.2 Å². The van der Waals surface area contributed by atoms with Gasteiger partial charge in [0.05, 0.1) is 11.0 Å². The molecule has 6 nitrogen and oxygen atoms in total. The highest BCUT2D eigenvalue weighted by Gasteiger charge is 2.85. The number of benzene rings is 1. The van der Waals surface area contributed by atoms with Gasteiger partial charge in [-0.2, -0.15) is 74.6 Å². The highest BCUT2D eigenvalue weighted by Crippen LogP contribution is 2.56. The van der Waals surface area contributed by atoms with E-state index in [2.05, 4.69) is 9.72 Å². The number of hydrogen-bond donors (Lipinski definition) is 1. The lowest BCUT2D eigenvalue weighted by Gasteiger charge is -2.40. The van der Waals surface area contributed by atoms with Crippen molar-refractivity contribution in [2.45, 2.75) is 61.8 Å². The van der Waals surface area contributed by atoms with Crippen molar-refractivity contribution in [1.29, 1.82) is 0 Å². The fourth-order valence-corrected chi connectivity index (χ4v) is 2.84. The Hall–Kier alpha value is -3.11. The van der Waals surface area contributed by atoms with E-state index in [4.69, 9.17) is 0 Å². The van der Waals surface area contributed by atoms with Crippen LogP contribution in [-0.2, 0) is 20.8 Å². The number of nitrogens with zero attached hydrogens (tertiary/aromatic N) is 2. The van der Waals surface area contributed by atoms with Gasteiger partial charge in [0.25, 0.3) is 0 Å². The van der Waals surface area contributed by atoms with Gasteiger partial charge in [-0.05, 0) is 19.1 Å². The van der Waals surface area contributed by atoms with E-state index in [0.717, 1.165) is 16.0 Å². The second kappa shape index (κ2) is 10.0. The first-order valence-electron chi connectivity index (χ1n) is 9.98. The SMILES string of the molecule is CCn1c(NC(=O)[C@@](F)(OC(F)(F)[C@@](F)(OC(F)(F)C(F)(F)C(F)(F)F)C(F)(F)F)C(F)(F)F)nc2ccccc21. The fourth-order valence-electron chi connectivity index (χ4n) is 2.84. The van der Waals surface area contributed by atoms with Crippen LogP contribution in [0.4, 0.5) is 80.6 Å². The van der Waals surface area contributed by atoms with Crippen LogP contribution in [0.25, 0.3) is 11.0 Å². The minimum Gasteiger partial charge on any atom is -0.310 e. The molecule has 2 atom stereocenters. The van der Waals surface area contributed by atoms with Crippen molar-refractivity contribution in [1.82, 2.24) is 9.55 Å². The summed E-state index contributed by atoms with van der Waals surface area (Å²) in [6, 6.07) is 4.92. The summed E-state index contributed by atoms with van der Waals surface area (Å²) in [5.74, 6) is -27.5. The zero-order chi connectivity index (χ0) is 32.3. The number of ether oxygens (including phenoxy) is 2. The summed E-state index contributed by atoms with van der Waals surface area (Å²) in [4.78, 5) is 15.6. The Morgan fingerprint density at radius 1 is 0.756 bits per heavy atom. The van der Waals surface area contributed by atoms with Gasteiger partial charge in [0.15, 0.2) is 0 Å². The van der Waals surface area contributed by atoms with Crippen LogP contribution in [0.3, 0.4) is 0 Å². The highest BCUT2D eigenvalue weighted by atomic mass is 19.4. The summed E-state index contributed by atoms with van der Waals surface area (Å²) in [5, 5.41) is 0.901. The lowest BCUT2D eigenvalue weighted by Crippen LogP contribution is -2.68. The third-order valence-corrected chi connectivity index (χ3v) is 4.85. The first-order valence-corrected chi connectivity index (χ1v) is 9.98. The molecule has 2 aromatic rings. The maximum Gasteiger partial charge on any atom is 0.462 e. The number of anilines is 1. The number of imidazole rings is 1. The topological polar surface area (TPSA) is 65.4 Å². The number of hydrogen-bond acceptors (Lipinski definition) is 4. The Kier molecular flexibility index (Phi) is 8.33. The van der Waals surface area contributed by atoms with E-state index in [9.17, 15) is 79.4 Å². The Bertz CT molecular complexity index is 1270. The van der Waals surface area contributed by atoms with Crippen molar-refractivity contribution >= 4 is 22.9 Å². The molecule has 1 heterocycles. The fraction of sp³-hybridized carbons (Fsp3) is 0.556. The lowest BCUT2D eigenvalue weighted by atomic mass is 10.2. The summed E-state index contributed by atoms with van der Waals surface area (Å²) in [6.07, 6.45) is -38.7. The van der Waals surface area contributed by atoms with E-state index in [-0.39, 0.29) is 17.6 Å². The quantitative estimate of drug-likeness (QED) is 0.305. The van der Waals surface area contributed by atoms with Crippen LogP contribution in [0, 0.1) is 0 Å². The number of halogens is 17. The molecule has 1 aromatic carbocycles. The van der Waals surface area contributed by atoms with Crippen LogP contribution in [0.15, 0.2) is 24.3 Å². The summed E-state index contributed by atoms with van der Waals surface area (Å²) in [7, 11) is 0. The van der Waals surface area contributed by atoms with Gasteiger partial charge < -0.3 is 4.57 Å². The molecule has 0 bridgehead atoms. The predicted octanol–water partition coefficient (Wildman–Crippen LogP) is 6.87. The summed E-state index contributed by atoms with van der Waals surface area (Å²) in [5.41, 5.74) is -0.178. The molecule has 0 aliphatic heterocycles. The zero-order valence-electron chi connectivity index (χ0n) is 19.1. The number of fused-ring (bicyclic) bond motifs is 1. The van der Waals surface area contributed by atoms with Gasteiger partial charge in [0.2, 0.25) is 5.95 Å². The van der Waals surface area contributed by atoms with Gasteiger partial charge in [0, 0.05) is 6.54 Å². The summed E-state index contributed by atoms with van der Waals surface area (Å²) < 4.78 is 230. The lowest BCUT2D eigenvalue weighted by molar-refractivity contribution is -0.548. The number of aromatic nitrogens is 2. The molecule has 2 rings (SSSR count). The van der Waals surface area contributed by atoms with Crippen LogP contribution >= 0.6 is 0 Å². The summed E-state index contributed by atoms with van der Waals surface area (Å²) in [6.45, 7) is 0.909. The first kappa shape index (κ1) is 34.1. The summed E-state index contributed by atoms with van der Waals surface area (Å²) >= 11 is 0. The number of nitrogens with one attached hydrogen (secondary N) is 1. The van der Waals surface area contributed by atoms with Crippen LogP contribution in [0.1, 0.15) is 6.92 Å². The average molecular weight is 639 g/mol. The molecule has 23 heteroatoms. The van der Waals surface area contributed by atoms with Crippen molar-refractivity contribution in [3.8, 4) is 0 Å². The van der Waals surface area contributed by atoms with Crippen LogP contribution in [0.2, 0.25) is 0 Å². The molecule has 1 amide bonds. The third kappa shape index (κ3) is 5.68. The number of para-hydroxylation sites is 2. The molecule has 234 valence electrons. The molecule has 0 saturated heterocycles. The van der Waals surface area contributed by atoms with Crippen LogP contribution in [0.5, 0.6) is 0 Å². The number of aryl methyl sites for hydroxylation is 1. The molecule has 0 unspecified atom stereocenters. The average Bonchev–Trinajstić information content (AvgIpc) is 3.12. The molecule has 1 N–H and O–H groups in total. The standard InChI is InChI=1S/C18H10F17N3O3/c1-2-38-8-6-4-3-5-7(8)36-10(38)37-9(39)11(19,14(23,24)25)40-18(34,35)13(22,16(29,30)31)41-17(32,33)12(20,21)15(26,27)28/h3-6H,2H2,1H3,(H,36,37,39)/t11-,13+/m1/s1. The molecule has 0 fully saturated rings. The second-order valence-corrected chi connectivity index (χ2v) is 7.62. The molecule has 1 aromatic heterocycles. The maximum absolute atomic E-state index is 14.8. The largest absolute Gasteiger partial charge is 0.462 e. The van der Waals surface area contributed by atoms with E-state index in [1.807, 2.05) is 0 Å². The minimum atomic E-state index is -8.09. The van der Waals surface area contributed by atoms with Gasteiger partial charge in [0.1, 0.15) is 0 Å². The maximum atomic E-state index is 14.8. The number of carbonyl (C=O) groups is 1. The van der Waals surface area contributed by atoms with Gasteiger partial charge in [-0.15, -0.1) is 0 Å². The van der Waals surface area contributed by atoms with Gasteiger partial charge >= 0.3 is 54.3 Å². The molecule has 0 radical (unpaired) electrons. The smallest absolute Gasteiger partial charge is 0.310 e. The van der Waals surface area contributed by atoms with Crippen molar-refractivity contribution in [2.24, 2.45) is 0 Å². The number of alkyl halides is 17. The number of carbonyl (C=O) groups excluding carboxylic acids is 1. The van der Waals surface area contributed by atoms with Crippen molar-refractivity contribution in [2.75, 3.05) is 5.32 Å². The van der Waals surface area contributed by atoms with Gasteiger partial charge in [-0.1, -0.05) is 12.1 Å². The molecule has 0 aliphatic rings. The monoisotopic (exact) mass is 639 g/mol. The van der Waals surface area contributed by atoms with Crippen molar-refractivity contribution in [3.05, 3.63) is 24.3 Å². The van der Waals surface area contributed by atoms with E-state index >= 15 is 0 Å². The minimum absolute atomic E-state index is 0.0194. The van der Waals surface area contributed by atoms with Crippen molar-refractivity contribution < 1.29 is 88.9 Å². The molecule has 0 spiro atoms. The van der Waals surface area contributed by atoms with E-state index in [1.165, 1.54) is 29.9 Å². The predicted molar refractivity (Wildman–Crippen MR) is 96.9 cm³/mol. The van der Waals surface area contributed by atoms with Crippen LogP contribution < -0.4 is 5.32 Å². The first-order chi connectivity index (χ1) is 18.1. The number of amides is 1. The molecular weight excluding hydrogens is 629 g/mol. The van der Waals surface area contributed by atoms with E-state index in [1.54, 1.807) is 0 Å². The zero-order valence-corrected chi connectivity index (χ0v) is 19.1. The Morgan fingerprint density at radius 3 is 1.71 bits per heavy atom. The Labute approximate surface area is 214 Å². The molecule has 41 heavy (non-hydrogen) atoms. The van der Waals surface area contributed by atoms with Gasteiger partial charge in [-0.25, -0.2) is 4.98 Å². The van der Waals surface area contributed by atoms with Crippen LogP contribution in [-0.4, -0.2) is 63.8 Å². The van der Waals surface area contributed by atoms with E-state index in [0.29, 0.717) is 0 Å². The molecule has 0 aliphatic carbocycles. The third-order valence-electron chi connectivity index (χ3n) is 4.85. The molecular formula is C18H10F17N3O3. The number of rotatable bonds is 9. The second-order valence-electron chi connectivity index (χ2n) is 7.62. The Morgan fingerprint density at radius 2 is 1.27 bits per heavy atom. The highest BCUT2D eigenvalue weighted by molar-refractivity contribution is 5.97. The molecule has 0 saturated carbocycles. The Balaban J connectivity index is 2.62. The van der Waals surface area contributed by atoms with Gasteiger partial charge in [-0.3, -0.25) is 19.6 Å². The van der Waals surface area contributed by atoms with Crippen molar-refractivity contribution in [3.63, 3.8) is 0 Å².